The van der Waals surface area contributed by atoms with Crippen molar-refractivity contribution in [3.63, 3.8) is 0 Å². The van der Waals surface area contributed by atoms with E-state index in [1.807, 2.05) is 13.8 Å². The summed E-state index contributed by atoms with van der Waals surface area (Å²) in [5.41, 5.74) is 6.56. The molecule has 0 aliphatic heterocycles. The Kier molecular flexibility index (Phi) is 4.59. The Morgan fingerprint density at radius 3 is 2.44 bits per heavy atom. The number of nitrogens with zero attached hydrogens (tertiary/aromatic N) is 1. The summed E-state index contributed by atoms with van der Waals surface area (Å²) < 4.78 is 0. The zero-order valence-corrected chi connectivity index (χ0v) is 11.5. The SMILES string of the molecule is CC(C)CN(C(=O)c1cc(O)ccc1N)C(C)C. The molecule has 1 rings (SSSR count). The Balaban J connectivity index is 3.05. The number of phenolic OH excluding ortho intramolecular Hbond substituents is 1. The van der Waals surface area contributed by atoms with Crippen molar-refractivity contribution in [3.05, 3.63) is 23.8 Å². The van der Waals surface area contributed by atoms with Crippen molar-refractivity contribution in [2.75, 3.05) is 12.3 Å². The van der Waals surface area contributed by atoms with E-state index in [2.05, 4.69) is 13.8 Å². The van der Waals surface area contributed by atoms with Crippen LogP contribution in [0.2, 0.25) is 0 Å². The molecule has 0 bridgehead atoms. The van der Waals surface area contributed by atoms with Gasteiger partial charge < -0.3 is 15.7 Å². The molecule has 1 amide bonds. The molecule has 0 saturated heterocycles. The number of hydrogen-bond donors (Lipinski definition) is 2. The van der Waals surface area contributed by atoms with Crippen LogP contribution in [0.25, 0.3) is 0 Å². The maximum atomic E-state index is 12.4. The Bertz CT molecular complexity index is 428. The summed E-state index contributed by atoms with van der Waals surface area (Å²) >= 11 is 0. The molecular weight excluding hydrogens is 228 g/mol. The second kappa shape index (κ2) is 5.76. The topological polar surface area (TPSA) is 66.6 Å². The van der Waals surface area contributed by atoms with E-state index in [1.54, 1.807) is 11.0 Å². The molecule has 1 aromatic carbocycles. The van der Waals surface area contributed by atoms with Crippen LogP contribution in [-0.2, 0) is 0 Å². The van der Waals surface area contributed by atoms with Crippen LogP contribution in [0.15, 0.2) is 18.2 Å². The molecule has 4 nitrogen and oxygen atoms in total. The average Bonchev–Trinajstić information content (AvgIpc) is 2.27. The van der Waals surface area contributed by atoms with Crippen molar-refractivity contribution in [2.24, 2.45) is 5.92 Å². The van der Waals surface area contributed by atoms with Gasteiger partial charge >= 0.3 is 0 Å². The van der Waals surface area contributed by atoms with Gasteiger partial charge in [0.2, 0.25) is 0 Å². The number of nitrogens with two attached hydrogens (primary N) is 1. The summed E-state index contributed by atoms with van der Waals surface area (Å²) in [6.07, 6.45) is 0. The fourth-order valence-corrected chi connectivity index (χ4v) is 1.81. The fourth-order valence-electron chi connectivity index (χ4n) is 1.81. The highest BCUT2D eigenvalue weighted by molar-refractivity contribution is 5.99. The van der Waals surface area contributed by atoms with Gasteiger partial charge in [0.1, 0.15) is 5.75 Å². The summed E-state index contributed by atoms with van der Waals surface area (Å²) in [4.78, 5) is 14.2. The van der Waals surface area contributed by atoms with Crippen LogP contribution in [-0.4, -0.2) is 28.5 Å². The van der Waals surface area contributed by atoms with Crippen molar-refractivity contribution < 1.29 is 9.90 Å². The van der Waals surface area contributed by atoms with Crippen LogP contribution >= 0.6 is 0 Å². The van der Waals surface area contributed by atoms with E-state index in [0.29, 0.717) is 23.7 Å². The first kappa shape index (κ1) is 14.4. The first-order valence-corrected chi connectivity index (χ1v) is 6.22. The second-order valence-corrected chi connectivity index (χ2v) is 5.22. The summed E-state index contributed by atoms with van der Waals surface area (Å²) in [7, 11) is 0. The Labute approximate surface area is 108 Å². The molecule has 0 aliphatic rings. The first-order chi connectivity index (χ1) is 8.32. The molecule has 0 fully saturated rings. The van der Waals surface area contributed by atoms with Crippen molar-refractivity contribution in [1.82, 2.24) is 4.90 Å². The van der Waals surface area contributed by atoms with Crippen molar-refractivity contribution in [3.8, 4) is 5.75 Å². The van der Waals surface area contributed by atoms with Crippen LogP contribution in [0.1, 0.15) is 38.1 Å². The average molecular weight is 250 g/mol. The minimum absolute atomic E-state index is 0.0563. The third-order valence-corrected chi connectivity index (χ3v) is 2.71. The van der Waals surface area contributed by atoms with Gasteiger partial charge in [-0.2, -0.15) is 0 Å². The molecule has 0 radical (unpaired) electrons. The molecule has 0 unspecified atom stereocenters. The fraction of sp³-hybridized carbons (Fsp3) is 0.500. The van der Waals surface area contributed by atoms with E-state index < -0.39 is 0 Å². The number of nitrogen functional groups attached to an aromatic ring is 1. The zero-order valence-electron chi connectivity index (χ0n) is 11.5. The predicted molar refractivity (Wildman–Crippen MR) is 73.5 cm³/mol. The van der Waals surface area contributed by atoms with Crippen molar-refractivity contribution >= 4 is 11.6 Å². The van der Waals surface area contributed by atoms with Gasteiger partial charge in [-0.3, -0.25) is 4.79 Å². The van der Waals surface area contributed by atoms with E-state index in [-0.39, 0.29) is 17.7 Å². The predicted octanol–water partition coefficient (Wildman–Crippen LogP) is 2.48. The lowest BCUT2D eigenvalue weighted by Crippen LogP contribution is -2.39. The van der Waals surface area contributed by atoms with Gasteiger partial charge in [0.15, 0.2) is 0 Å². The molecule has 0 aromatic heterocycles. The maximum absolute atomic E-state index is 12.4. The van der Waals surface area contributed by atoms with Crippen LogP contribution < -0.4 is 5.73 Å². The largest absolute Gasteiger partial charge is 0.508 e. The lowest BCUT2D eigenvalue weighted by Gasteiger charge is -2.29. The number of anilines is 1. The molecule has 1 aromatic rings. The summed E-state index contributed by atoms with van der Waals surface area (Å²) in [6.45, 7) is 8.74. The van der Waals surface area contributed by atoms with Gasteiger partial charge in [0.25, 0.3) is 5.91 Å². The first-order valence-electron chi connectivity index (χ1n) is 6.22. The van der Waals surface area contributed by atoms with Gasteiger partial charge in [0.05, 0.1) is 5.56 Å². The van der Waals surface area contributed by atoms with Crippen LogP contribution in [0.4, 0.5) is 5.69 Å². The van der Waals surface area contributed by atoms with Crippen molar-refractivity contribution in [2.45, 2.75) is 33.7 Å². The molecule has 0 atom stereocenters. The molecule has 0 heterocycles. The molecule has 0 saturated carbocycles. The van der Waals surface area contributed by atoms with Gasteiger partial charge in [0, 0.05) is 18.3 Å². The lowest BCUT2D eigenvalue weighted by atomic mass is 10.1. The highest BCUT2D eigenvalue weighted by Crippen LogP contribution is 2.21. The second-order valence-electron chi connectivity index (χ2n) is 5.22. The minimum Gasteiger partial charge on any atom is -0.508 e. The number of hydrogen-bond acceptors (Lipinski definition) is 3. The van der Waals surface area contributed by atoms with Crippen LogP contribution in [0, 0.1) is 5.92 Å². The highest BCUT2D eigenvalue weighted by Gasteiger charge is 2.21. The van der Waals surface area contributed by atoms with Crippen LogP contribution in [0.5, 0.6) is 5.75 Å². The standard InChI is InChI=1S/C14H22N2O2/c1-9(2)8-16(10(3)4)14(18)12-7-11(17)5-6-13(12)15/h5-7,9-10,17H,8,15H2,1-4H3. The number of carbonyl (C=O) groups excluding carboxylic acids is 1. The van der Waals surface area contributed by atoms with E-state index in [9.17, 15) is 9.90 Å². The van der Waals surface area contributed by atoms with E-state index in [4.69, 9.17) is 5.73 Å². The molecule has 0 spiro atoms. The molecule has 18 heavy (non-hydrogen) atoms. The third-order valence-electron chi connectivity index (χ3n) is 2.71. The number of aromatic hydroxyl groups is 1. The monoisotopic (exact) mass is 250 g/mol. The summed E-state index contributed by atoms with van der Waals surface area (Å²) in [5.74, 6) is 0.308. The smallest absolute Gasteiger partial charge is 0.256 e. The van der Waals surface area contributed by atoms with Gasteiger partial charge in [-0.25, -0.2) is 0 Å². The molecule has 100 valence electrons. The lowest BCUT2D eigenvalue weighted by molar-refractivity contribution is 0.0682. The van der Waals surface area contributed by atoms with Crippen molar-refractivity contribution in [1.29, 1.82) is 0 Å². The maximum Gasteiger partial charge on any atom is 0.256 e. The zero-order chi connectivity index (χ0) is 13.9. The Hall–Kier alpha value is -1.71. The Morgan fingerprint density at radius 2 is 1.94 bits per heavy atom. The molecule has 3 N–H and O–H groups in total. The number of phenols is 1. The number of benzene rings is 1. The van der Waals surface area contributed by atoms with E-state index in [0.717, 1.165) is 0 Å². The number of amides is 1. The van der Waals surface area contributed by atoms with E-state index in [1.165, 1.54) is 12.1 Å². The summed E-state index contributed by atoms with van der Waals surface area (Å²) in [6, 6.07) is 4.56. The third kappa shape index (κ3) is 3.39. The number of rotatable bonds is 4. The van der Waals surface area contributed by atoms with Gasteiger partial charge in [-0.1, -0.05) is 13.8 Å². The van der Waals surface area contributed by atoms with E-state index >= 15 is 0 Å². The molecule has 4 heteroatoms. The minimum atomic E-state index is -0.132. The molecular formula is C14H22N2O2. The van der Waals surface area contributed by atoms with Crippen LogP contribution in [0.3, 0.4) is 0 Å². The molecule has 0 aliphatic carbocycles. The summed E-state index contributed by atoms with van der Waals surface area (Å²) in [5, 5.41) is 9.46. The van der Waals surface area contributed by atoms with Gasteiger partial charge in [-0.15, -0.1) is 0 Å². The Morgan fingerprint density at radius 1 is 1.33 bits per heavy atom. The number of carbonyl (C=O) groups is 1. The van der Waals surface area contributed by atoms with Gasteiger partial charge in [-0.05, 0) is 38.0 Å². The normalized spacial score (nSPS) is 11.0. The highest BCUT2D eigenvalue weighted by atomic mass is 16.3. The quantitative estimate of drug-likeness (QED) is 0.637.